The van der Waals surface area contributed by atoms with Gasteiger partial charge in [0.05, 0.1) is 19.7 Å². The molecule has 2 amide bonds. The van der Waals surface area contributed by atoms with E-state index in [1.807, 2.05) is 6.92 Å². The van der Waals surface area contributed by atoms with Crippen LogP contribution in [0.15, 0.2) is 47.6 Å². The van der Waals surface area contributed by atoms with Crippen LogP contribution in [0.4, 0.5) is 0 Å². The van der Waals surface area contributed by atoms with Gasteiger partial charge in [-0.05, 0) is 48.4 Å². The van der Waals surface area contributed by atoms with E-state index in [2.05, 4.69) is 15.8 Å². The predicted molar refractivity (Wildman–Crippen MR) is 108 cm³/mol. The largest absolute Gasteiger partial charge is 0.493 e. The van der Waals surface area contributed by atoms with E-state index < -0.39 is 0 Å². The van der Waals surface area contributed by atoms with Gasteiger partial charge in [0.15, 0.2) is 18.1 Å². The van der Waals surface area contributed by atoms with Crippen molar-refractivity contribution in [2.75, 3.05) is 20.3 Å². The Kier molecular flexibility index (Phi) is 8.30. The molecule has 2 N–H and O–H groups in total. The first kappa shape index (κ1) is 21.2. The second kappa shape index (κ2) is 10.9. The summed E-state index contributed by atoms with van der Waals surface area (Å²) in [5, 5.41) is 7.22. The molecule has 0 saturated carbocycles. The van der Waals surface area contributed by atoms with Crippen LogP contribution in [0.25, 0.3) is 0 Å². The minimum atomic E-state index is -0.243. The number of likely N-dealkylation sites (N-methyl/N-ethyl adjacent to an activating group) is 1. The summed E-state index contributed by atoms with van der Waals surface area (Å²) in [6.45, 7) is 2.28. The first-order chi connectivity index (χ1) is 13.5. The number of benzene rings is 2. The maximum absolute atomic E-state index is 11.9. The molecule has 0 spiro atoms. The Hall–Kier alpha value is -3.06. The Morgan fingerprint density at radius 1 is 1.11 bits per heavy atom. The summed E-state index contributed by atoms with van der Waals surface area (Å²) < 4.78 is 10.7. The maximum Gasteiger partial charge on any atom is 0.257 e. The van der Waals surface area contributed by atoms with Gasteiger partial charge in [0, 0.05) is 11.6 Å². The highest BCUT2D eigenvalue weighted by Gasteiger charge is 2.08. The molecule has 2 rings (SSSR count). The second-order valence-corrected chi connectivity index (χ2v) is 6.19. The van der Waals surface area contributed by atoms with Crippen LogP contribution in [0.1, 0.15) is 18.1 Å². The number of hydrogen-bond acceptors (Lipinski definition) is 5. The van der Waals surface area contributed by atoms with E-state index in [0.29, 0.717) is 28.6 Å². The first-order valence-electron chi connectivity index (χ1n) is 8.65. The zero-order valence-corrected chi connectivity index (χ0v) is 16.5. The highest BCUT2D eigenvalue weighted by Crippen LogP contribution is 2.27. The Labute approximate surface area is 168 Å². The minimum absolute atomic E-state index is 0.0988. The molecule has 0 aromatic heterocycles. The monoisotopic (exact) mass is 403 g/mol. The van der Waals surface area contributed by atoms with Gasteiger partial charge in [-0.3, -0.25) is 9.59 Å². The predicted octanol–water partition coefficient (Wildman–Crippen LogP) is 2.56. The normalized spacial score (nSPS) is 10.5. The Bertz CT molecular complexity index is 838. The van der Waals surface area contributed by atoms with Crippen molar-refractivity contribution in [3.05, 3.63) is 58.6 Å². The van der Waals surface area contributed by atoms with Crippen LogP contribution in [0.2, 0.25) is 5.02 Å². The van der Waals surface area contributed by atoms with Crippen LogP contribution in [-0.4, -0.2) is 38.3 Å². The average Bonchev–Trinajstić information content (AvgIpc) is 2.68. The van der Waals surface area contributed by atoms with Crippen molar-refractivity contribution >= 4 is 29.6 Å². The number of halogens is 1. The van der Waals surface area contributed by atoms with E-state index in [1.165, 1.54) is 13.3 Å². The number of carbonyl (C=O) groups excluding carboxylic acids is 2. The van der Waals surface area contributed by atoms with Crippen LogP contribution < -0.4 is 20.2 Å². The van der Waals surface area contributed by atoms with Crippen molar-refractivity contribution in [2.45, 2.75) is 13.3 Å². The van der Waals surface area contributed by atoms with Crippen LogP contribution in [0.5, 0.6) is 11.5 Å². The van der Waals surface area contributed by atoms with Crippen LogP contribution in [-0.2, 0) is 16.0 Å². The summed E-state index contributed by atoms with van der Waals surface area (Å²) in [5.74, 6) is 0.449. The number of hydrazone groups is 1. The van der Waals surface area contributed by atoms with E-state index in [4.69, 9.17) is 21.1 Å². The SMILES string of the molecule is CCNC(=O)COc1ccc(/C=N/NC(=O)Cc2ccc(Cl)cc2)cc1OC. The van der Waals surface area contributed by atoms with Crippen molar-refractivity contribution in [3.8, 4) is 11.5 Å². The topological polar surface area (TPSA) is 89.0 Å². The lowest BCUT2D eigenvalue weighted by atomic mass is 10.1. The van der Waals surface area contributed by atoms with E-state index in [9.17, 15) is 9.59 Å². The molecule has 0 unspecified atom stereocenters. The van der Waals surface area contributed by atoms with E-state index in [1.54, 1.807) is 42.5 Å². The lowest BCUT2D eigenvalue weighted by molar-refractivity contribution is -0.123. The summed E-state index contributed by atoms with van der Waals surface area (Å²) in [6.07, 6.45) is 1.69. The van der Waals surface area contributed by atoms with Gasteiger partial charge in [-0.1, -0.05) is 23.7 Å². The Morgan fingerprint density at radius 3 is 2.54 bits per heavy atom. The number of methoxy groups -OCH3 is 1. The molecule has 0 radical (unpaired) electrons. The third kappa shape index (κ3) is 6.92. The van der Waals surface area contributed by atoms with E-state index in [0.717, 1.165) is 5.56 Å². The molecule has 7 nitrogen and oxygen atoms in total. The molecule has 28 heavy (non-hydrogen) atoms. The Morgan fingerprint density at radius 2 is 1.86 bits per heavy atom. The van der Waals surface area contributed by atoms with Gasteiger partial charge in [-0.15, -0.1) is 0 Å². The smallest absolute Gasteiger partial charge is 0.257 e. The van der Waals surface area contributed by atoms with Gasteiger partial charge in [0.25, 0.3) is 5.91 Å². The van der Waals surface area contributed by atoms with Crippen LogP contribution >= 0.6 is 11.6 Å². The van der Waals surface area contributed by atoms with Crippen molar-refractivity contribution in [1.82, 2.24) is 10.7 Å². The fraction of sp³-hybridized carbons (Fsp3) is 0.250. The third-order valence-corrected chi connectivity index (χ3v) is 3.85. The summed E-state index contributed by atoms with van der Waals surface area (Å²) in [5.41, 5.74) is 4.02. The molecule has 8 heteroatoms. The van der Waals surface area contributed by atoms with Crippen molar-refractivity contribution in [3.63, 3.8) is 0 Å². The minimum Gasteiger partial charge on any atom is -0.493 e. The zero-order chi connectivity index (χ0) is 20.4. The number of ether oxygens (including phenoxy) is 2. The summed E-state index contributed by atoms with van der Waals surface area (Å²) >= 11 is 5.82. The quantitative estimate of drug-likeness (QED) is 0.497. The molecule has 0 aliphatic heterocycles. The highest BCUT2D eigenvalue weighted by molar-refractivity contribution is 6.30. The van der Waals surface area contributed by atoms with Crippen molar-refractivity contribution in [2.24, 2.45) is 5.10 Å². The fourth-order valence-corrected chi connectivity index (χ4v) is 2.41. The molecule has 2 aromatic rings. The standard InChI is InChI=1S/C20H22ClN3O4/c1-3-22-20(26)13-28-17-9-6-15(10-18(17)27-2)12-23-24-19(25)11-14-4-7-16(21)8-5-14/h4-10,12H,3,11,13H2,1-2H3,(H,22,26)(H,24,25)/b23-12+. The van der Waals surface area contributed by atoms with Crippen LogP contribution in [0.3, 0.4) is 0 Å². The lowest BCUT2D eigenvalue weighted by Gasteiger charge is -2.11. The molecule has 0 atom stereocenters. The van der Waals surface area contributed by atoms with Gasteiger partial charge >= 0.3 is 0 Å². The lowest BCUT2D eigenvalue weighted by Crippen LogP contribution is -2.28. The third-order valence-electron chi connectivity index (χ3n) is 3.60. The van der Waals surface area contributed by atoms with E-state index >= 15 is 0 Å². The van der Waals surface area contributed by atoms with Crippen molar-refractivity contribution < 1.29 is 19.1 Å². The number of carbonyl (C=O) groups is 2. The molecule has 0 heterocycles. The molecular weight excluding hydrogens is 382 g/mol. The van der Waals surface area contributed by atoms with Gasteiger partial charge in [0.1, 0.15) is 0 Å². The second-order valence-electron chi connectivity index (χ2n) is 5.75. The summed E-state index contributed by atoms with van der Waals surface area (Å²) in [7, 11) is 1.50. The fourth-order valence-electron chi connectivity index (χ4n) is 2.28. The summed E-state index contributed by atoms with van der Waals surface area (Å²) in [4.78, 5) is 23.4. The zero-order valence-electron chi connectivity index (χ0n) is 15.7. The molecule has 148 valence electrons. The molecular formula is C20H22ClN3O4. The molecule has 0 saturated heterocycles. The van der Waals surface area contributed by atoms with E-state index in [-0.39, 0.29) is 24.8 Å². The molecule has 0 fully saturated rings. The number of amides is 2. The maximum atomic E-state index is 11.9. The van der Waals surface area contributed by atoms with Gasteiger partial charge in [-0.2, -0.15) is 5.10 Å². The summed E-state index contributed by atoms with van der Waals surface area (Å²) in [6, 6.07) is 12.2. The Balaban J connectivity index is 1.91. The first-order valence-corrected chi connectivity index (χ1v) is 9.03. The molecule has 0 aliphatic carbocycles. The van der Waals surface area contributed by atoms with Crippen molar-refractivity contribution in [1.29, 1.82) is 0 Å². The van der Waals surface area contributed by atoms with Crippen LogP contribution in [0, 0.1) is 0 Å². The van der Waals surface area contributed by atoms with Gasteiger partial charge in [-0.25, -0.2) is 5.43 Å². The van der Waals surface area contributed by atoms with Gasteiger partial charge in [0.2, 0.25) is 5.91 Å². The molecule has 0 aliphatic rings. The number of rotatable bonds is 9. The molecule has 2 aromatic carbocycles. The molecule has 0 bridgehead atoms. The van der Waals surface area contributed by atoms with Gasteiger partial charge < -0.3 is 14.8 Å². The average molecular weight is 404 g/mol. The number of hydrogen-bond donors (Lipinski definition) is 2. The number of nitrogens with one attached hydrogen (secondary N) is 2. The highest BCUT2D eigenvalue weighted by atomic mass is 35.5. The number of nitrogens with zero attached hydrogens (tertiary/aromatic N) is 1.